The zero-order valence-corrected chi connectivity index (χ0v) is 21.1. The molecule has 0 aromatic carbocycles. The number of hydrogen-bond donors (Lipinski definition) is 8. The standard InChI is InChI=1S/4C4H10O.4HNO3/c4*1-2-3-4-5;4*2-1(3)4/h4*5H,2-4H2,1H3;4*(H,2,3,4). The highest BCUT2D eigenvalue weighted by Gasteiger charge is 1.71. The Balaban J connectivity index is -0.0000000416. The summed E-state index contributed by atoms with van der Waals surface area (Å²) in [5, 5.41) is 86.8. The van der Waals surface area contributed by atoms with Gasteiger partial charge in [-0.2, -0.15) is 0 Å². The fourth-order valence-corrected chi connectivity index (χ4v) is 0.632. The molecule has 0 amide bonds. The van der Waals surface area contributed by atoms with Crippen LogP contribution in [0.4, 0.5) is 0 Å². The number of unbranched alkanes of at least 4 members (excludes halogenated alkanes) is 4. The van der Waals surface area contributed by atoms with E-state index in [1.807, 2.05) is 0 Å². The summed E-state index contributed by atoms with van der Waals surface area (Å²) in [4.78, 5) is 33.4. The Morgan fingerprint density at radius 1 is 0.417 bits per heavy atom. The van der Waals surface area contributed by atoms with Gasteiger partial charge in [0.1, 0.15) is 0 Å². The van der Waals surface area contributed by atoms with Gasteiger partial charge in [-0.25, -0.2) is 0 Å². The minimum atomic E-state index is -1.50. The van der Waals surface area contributed by atoms with Crippen molar-refractivity contribution in [2.24, 2.45) is 0 Å². The van der Waals surface area contributed by atoms with Crippen molar-refractivity contribution in [1.29, 1.82) is 0 Å². The van der Waals surface area contributed by atoms with Crippen LogP contribution in [0.3, 0.4) is 0 Å². The molecule has 20 heteroatoms. The van der Waals surface area contributed by atoms with Gasteiger partial charge in [0, 0.05) is 26.4 Å². The quantitative estimate of drug-likeness (QED) is 0.158. The molecule has 0 saturated carbocycles. The molecule has 0 aliphatic carbocycles. The summed E-state index contributed by atoms with van der Waals surface area (Å²) < 4.78 is 0. The van der Waals surface area contributed by atoms with Crippen molar-refractivity contribution < 1.29 is 61.6 Å². The fraction of sp³-hybridized carbons (Fsp3) is 1.00. The van der Waals surface area contributed by atoms with Gasteiger partial charge in [0.25, 0.3) is 20.3 Å². The maximum atomic E-state index is 8.36. The first kappa shape index (κ1) is 53.8. The predicted octanol–water partition coefficient (Wildman–Crippen LogP) is 1.72. The molecule has 0 bridgehead atoms. The molecule has 0 radical (unpaired) electrons. The van der Waals surface area contributed by atoms with Gasteiger partial charge in [0.15, 0.2) is 0 Å². The third-order valence-electron chi connectivity index (χ3n) is 2.05. The lowest BCUT2D eigenvalue weighted by Crippen LogP contribution is -1.81. The normalized spacial score (nSPS) is 7.33. The Morgan fingerprint density at radius 2 is 0.500 bits per heavy atom. The lowest BCUT2D eigenvalue weighted by Gasteiger charge is -1.79. The summed E-state index contributed by atoms with van der Waals surface area (Å²) in [7, 11) is 0. The van der Waals surface area contributed by atoms with E-state index >= 15 is 0 Å². The molecule has 0 aliphatic rings. The largest absolute Gasteiger partial charge is 0.396 e. The molecular formula is C16H44N4O16. The first-order valence-corrected chi connectivity index (χ1v) is 10.4. The smallest absolute Gasteiger partial charge is 0.291 e. The Morgan fingerprint density at radius 3 is 0.500 bits per heavy atom. The molecule has 20 nitrogen and oxygen atoms in total. The molecule has 0 aromatic heterocycles. The van der Waals surface area contributed by atoms with E-state index in [4.69, 9.17) is 81.7 Å². The van der Waals surface area contributed by atoms with E-state index in [0.29, 0.717) is 26.4 Å². The Labute approximate surface area is 208 Å². The monoisotopic (exact) mass is 548 g/mol. The fourth-order valence-electron chi connectivity index (χ4n) is 0.632. The molecule has 0 fully saturated rings. The molecule has 0 atom stereocenters. The SMILES string of the molecule is CCCCO.CCCCO.CCCCO.CCCCO.O=[N+]([O-])O.O=[N+]([O-])O.O=[N+]([O-])O.O=[N+]([O-])O. The zero-order valence-electron chi connectivity index (χ0n) is 21.1. The van der Waals surface area contributed by atoms with Crippen molar-refractivity contribution in [2.75, 3.05) is 26.4 Å². The summed E-state index contributed by atoms with van der Waals surface area (Å²) >= 11 is 0. The van der Waals surface area contributed by atoms with Crippen molar-refractivity contribution in [3.05, 3.63) is 40.5 Å². The minimum Gasteiger partial charge on any atom is -0.396 e. The van der Waals surface area contributed by atoms with E-state index in [0.717, 1.165) is 51.4 Å². The van der Waals surface area contributed by atoms with Crippen molar-refractivity contribution in [2.45, 2.75) is 79.1 Å². The topological polar surface area (TPSA) is 334 Å². The first-order chi connectivity index (χ1) is 16.6. The second kappa shape index (κ2) is 69.7. The zero-order chi connectivity index (χ0) is 30.8. The van der Waals surface area contributed by atoms with Crippen LogP contribution in [0.1, 0.15) is 79.1 Å². The average molecular weight is 549 g/mol. The minimum absolute atomic E-state index is 0.344. The molecule has 0 aromatic rings. The average Bonchev–Trinajstić information content (AvgIpc) is 2.70. The summed E-state index contributed by atoms with van der Waals surface area (Å²) in [6, 6.07) is 0. The molecular weight excluding hydrogens is 504 g/mol. The summed E-state index contributed by atoms with van der Waals surface area (Å²) in [6.45, 7) is 9.58. The molecule has 0 rings (SSSR count). The highest BCUT2D eigenvalue weighted by Crippen LogP contribution is 1.80. The number of nitrogens with zero attached hydrogens (tertiary/aromatic N) is 4. The van der Waals surface area contributed by atoms with E-state index in [1.165, 1.54) is 0 Å². The van der Waals surface area contributed by atoms with Crippen LogP contribution >= 0.6 is 0 Å². The van der Waals surface area contributed by atoms with Gasteiger partial charge in [0.2, 0.25) is 0 Å². The van der Waals surface area contributed by atoms with Gasteiger partial charge < -0.3 is 41.3 Å². The van der Waals surface area contributed by atoms with E-state index in [1.54, 1.807) is 0 Å². The molecule has 36 heavy (non-hydrogen) atoms. The first-order valence-electron chi connectivity index (χ1n) is 10.4. The van der Waals surface area contributed by atoms with Crippen molar-refractivity contribution in [3.63, 3.8) is 0 Å². The summed E-state index contributed by atoms with van der Waals surface area (Å²) in [6.07, 6.45) is 8.15. The number of aliphatic hydroxyl groups excluding tert-OH is 4. The highest BCUT2D eigenvalue weighted by atomic mass is 16.9. The molecule has 0 saturated heterocycles. The molecule has 224 valence electrons. The molecule has 0 unspecified atom stereocenters. The van der Waals surface area contributed by atoms with Crippen LogP contribution in [0, 0.1) is 40.5 Å². The van der Waals surface area contributed by atoms with E-state index in [-0.39, 0.29) is 0 Å². The van der Waals surface area contributed by atoms with Crippen molar-refractivity contribution in [1.82, 2.24) is 0 Å². The lowest BCUT2D eigenvalue weighted by molar-refractivity contribution is -0.742. The summed E-state index contributed by atoms with van der Waals surface area (Å²) in [5.74, 6) is 0. The van der Waals surface area contributed by atoms with E-state index in [2.05, 4.69) is 27.7 Å². The van der Waals surface area contributed by atoms with Crippen molar-refractivity contribution in [3.8, 4) is 0 Å². The van der Waals surface area contributed by atoms with Gasteiger partial charge in [-0.05, 0) is 25.7 Å². The second-order valence-corrected chi connectivity index (χ2v) is 5.26. The lowest BCUT2D eigenvalue weighted by atomic mass is 10.4. The Kier molecular flexibility index (Phi) is 104. The molecule has 0 heterocycles. The van der Waals surface area contributed by atoms with Crippen LogP contribution in [0.5, 0.6) is 0 Å². The van der Waals surface area contributed by atoms with Gasteiger partial charge in [-0.3, -0.25) is 0 Å². The van der Waals surface area contributed by atoms with Crippen LogP contribution in [-0.4, -0.2) is 88.0 Å². The number of hydrogen-bond acceptors (Lipinski definition) is 12. The number of aliphatic hydroxyl groups is 4. The maximum absolute atomic E-state index is 8.36. The van der Waals surface area contributed by atoms with Gasteiger partial charge in [-0.1, -0.05) is 53.4 Å². The van der Waals surface area contributed by atoms with Crippen LogP contribution in [0.15, 0.2) is 0 Å². The van der Waals surface area contributed by atoms with Gasteiger partial charge in [-0.15, -0.1) is 40.5 Å². The third kappa shape index (κ3) is 1250. The van der Waals surface area contributed by atoms with Crippen LogP contribution in [0.25, 0.3) is 0 Å². The second-order valence-electron chi connectivity index (χ2n) is 5.26. The third-order valence-corrected chi connectivity index (χ3v) is 2.05. The Bertz CT molecular complexity index is 310. The predicted molar refractivity (Wildman–Crippen MR) is 123 cm³/mol. The maximum Gasteiger partial charge on any atom is 0.291 e. The Hall–Kier alpha value is -3.36. The molecule has 0 spiro atoms. The van der Waals surface area contributed by atoms with Crippen LogP contribution < -0.4 is 0 Å². The number of rotatable bonds is 8. The van der Waals surface area contributed by atoms with Crippen LogP contribution in [0.2, 0.25) is 0 Å². The van der Waals surface area contributed by atoms with Gasteiger partial charge >= 0.3 is 0 Å². The van der Waals surface area contributed by atoms with E-state index < -0.39 is 20.3 Å². The van der Waals surface area contributed by atoms with Crippen molar-refractivity contribution >= 4 is 0 Å². The highest BCUT2D eigenvalue weighted by molar-refractivity contribution is 4.24. The molecule has 0 aliphatic heterocycles. The van der Waals surface area contributed by atoms with Gasteiger partial charge in [0.05, 0.1) is 0 Å². The molecule has 8 N–H and O–H groups in total. The van der Waals surface area contributed by atoms with Crippen LogP contribution in [-0.2, 0) is 0 Å². The summed E-state index contributed by atoms with van der Waals surface area (Å²) in [5.41, 5.74) is 0. The van der Waals surface area contributed by atoms with E-state index in [9.17, 15) is 0 Å².